The highest BCUT2D eigenvalue weighted by molar-refractivity contribution is 5.81. The first-order chi connectivity index (χ1) is 5.11. The molecule has 0 saturated heterocycles. The molecule has 0 heterocycles. The summed E-state index contributed by atoms with van der Waals surface area (Å²) in [7, 11) is 1.50. The molecular formula is C7H13NO3. The average molecular weight is 159 g/mol. The Morgan fingerprint density at radius 2 is 2.09 bits per heavy atom. The lowest BCUT2D eigenvalue weighted by molar-refractivity contribution is -0.144. The van der Waals surface area contributed by atoms with Crippen LogP contribution in [-0.4, -0.2) is 24.0 Å². The third-order valence-electron chi connectivity index (χ3n) is 1.55. The molecule has 1 amide bonds. The largest absolute Gasteiger partial charge is 0.481 e. The second-order valence-electron chi connectivity index (χ2n) is 2.32. The Labute approximate surface area is 65.6 Å². The van der Waals surface area contributed by atoms with Gasteiger partial charge in [-0.25, -0.2) is 0 Å². The van der Waals surface area contributed by atoms with Gasteiger partial charge >= 0.3 is 5.97 Å². The summed E-state index contributed by atoms with van der Waals surface area (Å²) < 4.78 is 0. The number of carbonyl (C=O) groups is 2. The molecule has 4 heteroatoms. The molecule has 2 N–H and O–H groups in total. The average Bonchev–Trinajstić information content (AvgIpc) is 1.99. The summed E-state index contributed by atoms with van der Waals surface area (Å²) in [5.74, 6) is -1.68. The Morgan fingerprint density at radius 1 is 1.55 bits per heavy atom. The van der Waals surface area contributed by atoms with Crippen molar-refractivity contribution in [1.29, 1.82) is 0 Å². The molecule has 0 aromatic carbocycles. The molecule has 4 nitrogen and oxygen atoms in total. The second-order valence-corrected chi connectivity index (χ2v) is 2.32. The number of carboxylic acid groups (broad SMARTS) is 1. The highest BCUT2D eigenvalue weighted by atomic mass is 16.4. The fourth-order valence-electron chi connectivity index (χ4n) is 0.732. The van der Waals surface area contributed by atoms with Crippen molar-refractivity contribution in [1.82, 2.24) is 5.32 Å². The number of hydrogen-bond acceptors (Lipinski definition) is 2. The lowest BCUT2D eigenvalue weighted by Crippen LogP contribution is -2.24. The van der Waals surface area contributed by atoms with Crippen molar-refractivity contribution in [3.8, 4) is 0 Å². The zero-order valence-corrected chi connectivity index (χ0v) is 6.76. The van der Waals surface area contributed by atoms with Gasteiger partial charge in [0, 0.05) is 13.5 Å². The Balaban J connectivity index is 3.88. The molecule has 0 radical (unpaired) electrons. The molecule has 1 atom stereocenters. The van der Waals surface area contributed by atoms with Crippen LogP contribution in [0.5, 0.6) is 0 Å². The van der Waals surface area contributed by atoms with E-state index >= 15 is 0 Å². The van der Waals surface area contributed by atoms with E-state index in [4.69, 9.17) is 5.11 Å². The third-order valence-corrected chi connectivity index (χ3v) is 1.55. The maximum Gasteiger partial charge on any atom is 0.307 e. The molecule has 1 unspecified atom stereocenters. The number of rotatable bonds is 4. The minimum Gasteiger partial charge on any atom is -0.481 e. The second kappa shape index (κ2) is 4.71. The van der Waals surface area contributed by atoms with Crippen molar-refractivity contribution >= 4 is 11.9 Å². The van der Waals surface area contributed by atoms with Crippen LogP contribution >= 0.6 is 0 Å². The van der Waals surface area contributed by atoms with Gasteiger partial charge in [-0.15, -0.1) is 0 Å². The van der Waals surface area contributed by atoms with Gasteiger partial charge in [-0.05, 0) is 6.42 Å². The zero-order chi connectivity index (χ0) is 8.85. The fraction of sp³-hybridized carbons (Fsp3) is 0.714. The highest BCUT2D eigenvalue weighted by Gasteiger charge is 2.17. The zero-order valence-electron chi connectivity index (χ0n) is 6.76. The Morgan fingerprint density at radius 3 is 2.36 bits per heavy atom. The highest BCUT2D eigenvalue weighted by Crippen LogP contribution is 2.07. The molecule has 0 aliphatic carbocycles. The quantitative estimate of drug-likeness (QED) is 0.617. The summed E-state index contributed by atoms with van der Waals surface area (Å²) in [6.07, 6.45) is 0.561. The smallest absolute Gasteiger partial charge is 0.307 e. The van der Waals surface area contributed by atoms with Crippen molar-refractivity contribution in [2.75, 3.05) is 7.05 Å². The number of carbonyl (C=O) groups excluding carboxylic acids is 1. The van der Waals surface area contributed by atoms with E-state index < -0.39 is 11.9 Å². The summed E-state index contributed by atoms with van der Waals surface area (Å²) >= 11 is 0. The minimum absolute atomic E-state index is 0.0718. The molecule has 64 valence electrons. The Kier molecular flexibility index (Phi) is 4.26. The summed E-state index contributed by atoms with van der Waals surface area (Å²) in [6, 6.07) is 0. The SMILES string of the molecule is CCC(CC(=O)NC)C(=O)O. The van der Waals surface area contributed by atoms with Crippen molar-refractivity contribution in [2.45, 2.75) is 19.8 Å². The number of nitrogens with one attached hydrogen (secondary N) is 1. The molecule has 0 aliphatic heterocycles. The van der Waals surface area contributed by atoms with Crippen LogP contribution < -0.4 is 5.32 Å². The van der Waals surface area contributed by atoms with Crippen LogP contribution in [0.2, 0.25) is 0 Å². The number of aliphatic carboxylic acids is 1. The molecule has 11 heavy (non-hydrogen) atoms. The van der Waals surface area contributed by atoms with Gasteiger partial charge in [0.05, 0.1) is 5.92 Å². The van der Waals surface area contributed by atoms with Crippen LogP contribution in [0.15, 0.2) is 0 Å². The first-order valence-electron chi connectivity index (χ1n) is 3.55. The van der Waals surface area contributed by atoms with Gasteiger partial charge in [0.25, 0.3) is 0 Å². The molecule has 0 aliphatic rings. The van der Waals surface area contributed by atoms with Crippen LogP contribution in [0, 0.1) is 5.92 Å². The Hall–Kier alpha value is -1.06. The normalized spacial score (nSPS) is 12.2. The van der Waals surface area contributed by atoms with Gasteiger partial charge in [-0.3, -0.25) is 9.59 Å². The van der Waals surface area contributed by atoms with E-state index in [1.54, 1.807) is 6.92 Å². The predicted molar refractivity (Wildman–Crippen MR) is 40.1 cm³/mol. The van der Waals surface area contributed by atoms with Crippen LogP contribution in [-0.2, 0) is 9.59 Å². The number of hydrogen-bond donors (Lipinski definition) is 2. The fourth-order valence-corrected chi connectivity index (χ4v) is 0.732. The molecule has 0 spiro atoms. The molecule has 0 rings (SSSR count). The van der Waals surface area contributed by atoms with Gasteiger partial charge in [-0.2, -0.15) is 0 Å². The van der Waals surface area contributed by atoms with Gasteiger partial charge in [0.15, 0.2) is 0 Å². The third kappa shape index (κ3) is 3.60. The van der Waals surface area contributed by atoms with E-state index in [-0.39, 0.29) is 12.3 Å². The van der Waals surface area contributed by atoms with Crippen molar-refractivity contribution in [3.05, 3.63) is 0 Å². The monoisotopic (exact) mass is 159 g/mol. The van der Waals surface area contributed by atoms with Gasteiger partial charge in [0.1, 0.15) is 0 Å². The van der Waals surface area contributed by atoms with E-state index in [1.807, 2.05) is 0 Å². The molecule has 0 saturated carbocycles. The standard InChI is InChI=1S/C7H13NO3/c1-3-5(7(10)11)4-6(9)8-2/h5H,3-4H2,1-2H3,(H,8,9)(H,10,11). The summed E-state index contributed by atoms with van der Waals surface area (Å²) in [6.45, 7) is 1.75. The molecule has 0 aromatic heterocycles. The van der Waals surface area contributed by atoms with E-state index in [1.165, 1.54) is 7.05 Å². The van der Waals surface area contributed by atoms with Crippen molar-refractivity contribution < 1.29 is 14.7 Å². The maximum atomic E-state index is 10.7. The topological polar surface area (TPSA) is 66.4 Å². The first-order valence-corrected chi connectivity index (χ1v) is 3.55. The first kappa shape index (κ1) is 9.94. The lowest BCUT2D eigenvalue weighted by atomic mass is 10.0. The van der Waals surface area contributed by atoms with E-state index in [0.717, 1.165) is 0 Å². The van der Waals surface area contributed by atoms with Crippen LogP contribution in [0.25, 0.3) is 0 Å². The van der Waals surface area contributed by atoms with Gasteiger partial charge in [-0.1, -0.05) is 6.92 Å². The van der Waals surface area contributed by atoms with E-state index in [9.17, 15) is 9.59 Å². The maximum absolute atomic E-state index is 10.7. The van der Waals surface area contributed by atoms with E-state index in [0.29, 0.717) is 6.42 Å². The lowest BCUT2D eigenvalue weighted by Gasteiger charge is -2.06. The summed E-state index contributed by atoms with van der Waals surface area (Å²) in [5.41, 5.74) is 0. The van der Waals surface area contributed by atoms with Gasteiger partial charge in [0.2, 0.25) is 5.91 Å². The number of amides is 1. The van der Waals surface area contributed by atoms with E-state index in [2.05, 4.69) is 5.32 Å². The minimum atomic E-state index is -0.906. The molecule has 0 aromatic rings. The van der Waals surface area contributed by atoms with Crippen molar-refractivity contribution in [2.24, 2.45) is 5.92 Å². The molecule has 0 fully saturated rings. The van der Waals surface area contributed by atoms with Gasteiger partial charge < -0.3 is 10.4 Å². The summed E-state index contributed by atoms with van der Waals surface area (Å²) in [4.78, 5) is 21.1. The van der Waals surface area contributed by atoms with Crippen LogP contribution in [0.4, 0.5) is 0 Å². The predicted octanol–water partition coefficient (Wildman–Crippen LogP) is 0.233. The Bertz CT molecular complexity index is 156. The molecular weight excluding hydrogens is 146 g/mol. The number of carboxylic acids is 1. The summed E-state index contributed by atoms with van der Waals surface area (Å²) in [5, 5.41) is 10.9. The van der Waals surface area contributed by atoms with Crippen molar-refractivity contribution in [3.63, 3.8) is 0 Å². The van der Waals surface area contributed by atoms with Crippen LogP contribution in [0.1, 0.15) is 19.8 Å². The molecule has 0 bridgehead atoms. The van der Waals surface area contributed by atoms with Crippen LogP contribution in [0.3, 0.4) is 0 Å².